The molecule has 0 spiro atoms. The van der Waals surface area contributed by atoms with E-state index in [9.17, 15) is 4.79 Å². The summed E-state index contributed by atoms with van der Waals surface area (Å²) in [6, 6.07) is 4.11. The first-order valence-electron chi connectivity index (χ1n) is 5.44. The van der Waals surface area contributed by atoms with Gasteiger partial charge in [-0.15, -0.1) is 11.3 Å². The number of hydrogen-bond acceptors (Lipinski definition) is 3. The molecule has 0 amide bonds. The second kappa shape index (κ2) is 5.46. The Bertz CT molecular complexity index is 333. The van der Waals surface area contributed by atoms with Gasteiger partial charge in [-0.2, -0.15) is 0 Å². The van der Waals surface area contributed by atoms with E-state index in [1.54, 1.807) is 25.2 Å². The molecule has 90 valence electrons. The third-order valence-electron chi connectivity index (χ3n) is 2.60. The monoisotopic (exact) mass is 241 g/mol. The van der Waals surface area contributed by atoms with Crippen molar-refractivity contribution in [1.29, 1.82) is 0 Å². The minimum Gasteiger partial charge on any atom is -0.481 e. The van der Waals surface area contributed by atoms with Crippen LogP contribution in [0, 0.1) is 5.41 Å². The normalized spacial score (nSPS) is 12.0. The highest BCUT2D eigenvalue weighted by Gasteiger charge is 2.29. The summed E-state index contributed by atoms with van der Waals surface area (Å²) in [5, 5.41) is 11.1. The molecule has 3 nitrogen and oxygen atoms in total. The number of rotatable bonds is 6. The first-order valence-corrected chi connectivity index (χ1v) is 6.32. The SMILES string of the molecule is CCN(Cc1cccs1)CC(C)(C)C(=O)O. The summed E-state index contributed by atoms with van der Waals surface area (Å²) < 4.78 is 0. The number of aliphatic carboxylic acids is 1. The van der Waals surface area contributed by atoms with Crippen molar-refractivity contribution in [2.45, 2.75) is 27.3 Å². The molecule has 1 N–H and O–H groups in total. The highest BCUT2D eigenvalue weighted by molar-refractivity contribution is 7.09. The maximum absolute atomic E-state index is 11.1. The van der Waals surface area contributed by atoms with E-state index < -0.39 is 11.4 Å². The van der Waals surface area contributed by atoms with Crippen molar-refractivity contribution in [3.05, 3.63) is 22.4 Å². The van der Waals surface area contributed by atoms with Gasteiger partial charge < -0.3 is 5.11 Å². The standard InChI is InChI=1S/C12H19NO2S/c1-4-13(8-10-6-5-7-16-10)9-12(2,3)11(14)15/h5-7H,4,8-9H2,1-3H3,(H,14,15). The molecule has 0 radical (unpaired) electrons. The molecule has 0 unspecified atom stereocenters. The zero-order valence-electron chi connectivity index (χ0n) is 10.1. The second-order valence-electron chi connectivity index (χ2n) is 4.57. The summed E-state index contributed by atoms with van der Waals surface area (Å²) in [5.41, 5.74) is -0.687. The van der Waals surface area contributed by atoms with Gasteiger partial charge in [0, 0.05) is 18.0 Å². The van der Waals surface area contributed by atoms with Crippen molar-refractivity contribution in [1.82, 2.24) is 4.90 Å². The Balaban J connectivity index is 2.59. The summed E-state index contributed by atoms with van der Waals surface area (Å²) in [6.45, 7) is 7.89. The van der Waals surface area contributed by atoms with Crippen LogP contribution in [0.5, 0.6) is 0 Å². The smallest absolute Gasteiger partial charge is 0.310 e. The molecule has 1 aromatic rings. The van der Waals surface area contributed by atoms with E-state index in [0.29, 0.717) is 6.54 Å². The molecule has 0 aliphatic rings. The van der Waals surface area contributed by atoms with Crippen molar-refractivity contribution in [2.24, 2.45) is 5.41 Å². The fourth-order valence-corrected chi connectivity index (χ4v) is 2.28. The summed E-state index contributed by atoms with van der Waals surface area (Å²) in [7, 11) is 0. The lowest BCUT2D eigenvalue weighted by Gasteiger charge is -2.28. The van der Waals surface area contributed by atoms with Crippen LogP contribution in [-0.2, 0) is 11.3 Å². The molecular weight excluding hydrogens is 222 g/mol. The van der Waals surface area contributed by atoms with E-state index in [1.807, 2.05) is 11.4 Å². The predicted molar refractivity (Wildman–Crippen MR) is 66.7 cm³/mol. The molecule has 0 atom stereocenters. The van der Waals surface area contributed by atoms with Crippen LogP contribution in [0.1, 0.15) is 25.6 Å². The maximum atomic E-state index is 11.1. The number of thiophene rings is 1. The highest BCUT2D eigenvalue weighted by atomic mass is 32.1. The number of carboxylic acid groups (broad SMARTS) is 1. The predicted octanol–water partition coefficient (Wildman–Crippen LogP) is 2.68. The van der Waals surface area contributed by atoms with Gasteiger partial charge in [0.1, 0.15) is 0 Å². The summed E-state index contributed by atoms with van der Waals surface area (Å²) in [6.07, 6.45) is 0. The molecular formula is C12H19NO2S. The minimum atomic E-state index is -0.739. The van der Waals surface area contributed by atoms with Gasteiger partial charge in [0.15, 0.2) is 0 Å². The van der Waals surface area contributed by atoms with E-state index in [1.165, 1.54) is 4.88 Å². The molecule has 0 bridgehead atoms. The van der Waals surface area contributed by atoms with Gasteiger partial charge in [-0.1, -0.05) is 13.0 Å². The topological polar surface area (TPSA) is 40.5 Å². The fraction of sp³-hybridized carbons (Fsp3) is 0.583. The first-order chi connectivity index (χ1) is 7.45. The van der Waals surface area contributed by atoms with E-state index in [4.69, 9.17) is 5.11 Å². The lowest BCUT2D eigenvalue weighted by Crippen LogP contribution is -2.38. The van der Waals surface area contributed by atoms with Crippen LogP contribution in [0.3, 0.4) is 0 Å². The molecule has 1 rings (SSSR count). The molecule has 16 heavy (non-hydrogen) atoms. The van der Waals surface area contributed by atoms with Gasteiger partial charge >= 0.3 is 5.97 Å². The third-order valence-corrected chi connectivity index (χ3v) is 3.47. The van der Waals surface area contributed by atoms with Crippen LogP contribution in [0.25, 0.3) is 0 Å². The van der Waals surface area contributed by atoms with Gasteiger partial charge in [-0.25, -0.2) is 0 Å². The van der Waals surface area contributed by atoms with Gasteiger partial charge in [0.05, 0.1) is 5.41 Å². The Morgan fingerprint density at radius 2 is 2.25 bits per heavy atom. The van der Waals surface area contributed by atoms with Crippen molar-refractivity contribution in [3.63, 3.8) is 0 Å². The van der Waals surface area contributed by atoms with Crippen LogP contribution in [-0.4, -0.2) is 29.1 Å². The first kappa shape index (κ1) is 13.2. The lowest BCUT2D eigenvalue weighted by molar-refractivity contribution is -0.148. The summed E-state index contributed by atoms with van der Waals surface area (Å²) >= 11 is 1.71. The summed E-state index contributed by atoms with van der Waals surface area (Å²) in [5.74, 6) is -0.739. The van der Waals surface area contributed by atoms with Crippen LogP contribution in [0.15, 0.2) is 17.5 Å². The number of nitrogens with zero attached hydrogens (tertiary/aromatic N) is 1. The van der Waals surface area contributed by atoms with E-state index in [0.717, 1.165) is 13.1 Å². The average Bonchev–Trinajstić information content (AvgIpc) is 2.68. The molecule has 0 saturated heterocycles. The van der Waals surface area contributed by atoms with Crippen molar-refractivity contribution in [3.8, 4) is 0 Å². The Labute approximate surface area is 101 Å². The van der Waals surface area contributed by atoms with Gasteiger partial charge in [0.2, 0.25) is 0 Å². The maximum Gasteiger partial charge on any atom is 0.310 e. The zero-order chi connectivity index (χ0) is 12.2. The molecule has 4 heteroatoms. The fourth-order valence-electron chi connectivity index (χ4n) is 1.53. The number of hydrogen-bond donors (Lipinski definition) is 1. The Hall–Kier alpha value is -0.870. The van der Waals surface area contributed by atoms with Crippen LogP contribution in [0.4, 0.5) is 0 Å². The molecule has 1 heterocycles. The minimum absolute atomic E-state index is 0.580. The Kier molecular flexibility index (Phi) is 4.50. The number of carbonyl (C=O) groups is 1. The van der Waals surface area contributed by atoms with Crippen LogP contribution < -0.4 is 0 Å². The van der Waals surface area contributed by atoms with Crippen LogP contribution in [0.2, 0.25) is 0 Å². The highest BCUT2D eigenvalue weighted by Crippen LogP contribution is 2.20. The van der Waals surface area contributed by atoms with Gasteiger partial charge in [-0.05, 0) is 31.8 Å². The van der Waals surface area contributed by atoms with E-state index >= 15 is 0 Å². The van der Waals surface area contributed by atoms with Crippen molar-refractivity contribution in [2.75, 3.05) is 13.1 Å². The largest absolute Gasteiger partial charge is 0.481 e. The summed E-state index contributed by atoms with van der Waals surface area (Å²) in [4.78, 5) is 14.5. The Morgan fingerprint density at radius 1 is 1.56 bits per heavy atom. The quantitative estimate of drug-likeness (QED) is 0.832. The van der Waals surface area contributed by atoms with Crippen LogP contribution >= 0.6 is 11.3 Å². The van der Waals surface area contributed by atoms with E-state index in [-0.39, 0.29) is 0 Å². The zero-order valence-corrected chi connectivity index (χ0v) is 10.9. The molecule has 0 fully saturated rings. The Morgan fingerprint density at radius 3 is 2.69 bits per heavy atom. The van der Waals surface area contributed by atoms with Gasteiger partial charge in [-0.3, -0.25) is 9.69 Å². The van der Waals surface area contributed by atoms with Crippen molar-refractivity contribution >= 4 is 17.3 Å². The molecule has 0 aromatic carbocycles. The molecule has 0 aliphatic carbocycles. The van der Waals surface area contributed by atoms with Gasteiger partial charge in [0.25, 0.3) is 0 Å². The average molecular weight is 241 g/mol. The van der Waals surface area contributed by atoms with Crippen molar-refractivity contribution < 1.29 is 9.90 Å². The third kappa shape index (κ3) is 3.61. The van der Waals surface area contributed by atoms with E-state index in [2.05, 4.69) is 17.9 Å². The second-order valence-corrected chi connectivity index (χ2v) is 5.60. The molecule has 0 saturated carbocycles. The molecule has 1 aromatic heterocycles. The lowest BCUT2D eigenvalue weighted by atomic mass is 9.93. The number of carboxylic acids is 1. The molecule has 0 aliphatic heterocycles.